The smallest absolute Gasteiger partial charge is 0.201 e. The zero-order chi connectivity index (χ0) is 22.1. The first-order valence-electron chi connectivity index (χ1n) is 11.4. The van der Waals surface area contributed by atoms with Crippen LogP contribution in [0.4, 0.5) is 0 Å². The SMILES string of the molecule is C[C@H]1CCC2[C@H](C)[C@@H](O[C@H]3O[C@H](CO)[C@@H](O)[C@H](O)[C@H]3O)O[C@H]3O[C@]4(C)CCC1C23OO4. The van der Waals surface area contributed by atoms with Crippen LogP contribution in [-0.4, -0.2) is 81.7 Å². The van der Waals surface area contributed by atoms with Crippen molar-refractivity contribution in [2.24, 2.45) is 23.7 Å². The maximum absolute atomic E-state index is 10.4. The lowest BCUT2D eigenvalue weighted by Gasteiger charge is -2.60. The molecule has 0 aromatic heterocycles. The highest BCUT2D eigenvalue weighted by Gasteiger charge is 2.69. The molecule has 178 valence electrons. The molecule has 10 nitrogen and oxygen atoms in total. The number of ether oxygens (including phenoxy) is 4. The standard InChI is InChI=1S/C21H34O10/c1-9-4-5-12-10(2)17(27-18-16(25)15(24)14(23)13(8-22)26-18)28-19-21(12)11(9)6-7-20(3,29-19)30-31-21/h9-19,22-25H,4-8H2,1-3H3/t9-,10-,11?,12?,13+,14+,15-,16+,17-,18+,19-,20-,21?/m0/s1. The Morgan fingerprint density at radius 1 is 0.903 bits per heavy atom. The number of hydrogen-bond donors (Lipinski definition) is 4. The summed E-state index contributed by atoms with van der Waals surface area (Å²) in [6.07, 6.45) is -4.74. The lowest BCUT2D eigenvalue weighted by Crippen LogP contribution is -2.71. The third-order valence-electron chi connectivity index (χ3n) is 8.21. The molecule has 6 fully saturated rings. The Kier molecular flexibility index (Phi) is 5.66. The summed E-state index contributed by atoms with van der Waals surface area (Å²) in [5.74, 6) is -0.370. The van der Waals surface area contributed by atoms with E-state index in [0.29, 0.717) is 12.3 Å². The van der Waals surface area contributed by atoms with E-state index in [-0.39, 0.29) is 17.8 Å². The summed E-state index contributed by atoms with van der Waals surface area (Å²) in [4.78, 5) is 11.9. The van der Waals surface area contributed by atoms with Gasteiger partial charge < -0.3 is 39.4 Å². The van der Waals surface area contributed by atoms with Gasteiger partial charge in [-0.3, -0.25) is 0 Å². The number of aliphatic hydroxyl groups excluding tert-OH is 4. The van der Waals surface area contributed by atoms with Gasteiger partial charge in [-0.25, -0.2) is 9.78 Å². The molecule has 0 aromatic carbocycles. The van der Waals surface area contributed by atoms with Gasteiger partial charge in [0, 0.05) is 18.3 Å². The molecule has 1 saturated carbocycles. The highest BCUT2D eigenvalue weighted by atomic mass is 17.3. The first-order chi connectivity index (χ1) is 14.7. The molecule has 6 aliphatic rings. The quantitative estimate of drug-likeness (QED) is 0.439. The van der Waals surface area contributed by atoms with Crippen molar-refractivity contribution in [1.82, 2.24) is 0 Å². The molecule has 31 heavy (non-hydrogen) atoms. The van der Waals surface area contributed by atoms with E-state index < -0.39 is 61.3 Å². The fourth-order valence-corrected chi connectivity index (χ4v) is 6.34. The number of rotatable bonds is 3. The fourth-order valence-electron chi connectivity index (χ4n) is 6.34. The Morgan fingerprint density at radius 2 is 1.68 bits per heavy atom. The molecule has 4 N–H and O–H groups in total. The largest absolute Gasteiger partial charge is 0.394 e. The second kappa shape index (κ2) is 7.83. The summed E-state index contributed by atoms with van der Waals surface area (Å²) < 4.78 is 24.1. The van der Waals surface area contributed by atoms with E-state index in [1.54, 1.807) is 0 Å². The van der Waals surface area contributed by atoms with Gasteiger partial charge in [-0.05, 0) is 38.0 Å². The molecule has 0 aromatic rings. The van der Waals surface area contributed by atoms with E-state index in [2.05, 4.69) is 6.92 Å². The van der Waals surface area contributed by atoms with E-state index in [1.807, 2.05) is 13.8 Å². The van der Waals surface area contributed by atoms with Crippen LogP contribution in [0.3, 0.4) is 0 Å². The van der Waals surface area contributed by atoms with E-state index in [9.17, 15) is 20.4 Å². The Hall–Kier alpha value is -0.400. The van der Waals surface area contributed by atoms with Gasteiger partial charge in [0.25, 0.3) is 0 Å². The van der Waals surface area contributed by atoms with E-state index in [0.717, 1.165) is 19.3 Å². The van der Waals surface area contributed by atoms with Crippen LogP contribution in [0.25, 0.3) is 0 Å². The van der Waals surface area contributed by atoms with E-state index in [4.69, 9.17) is 28.7 Å². The molecular formula is C21H34O10. The molecule has 5 aliphatic heterocycles. The third-order valence-corrected chi connectivity index (χ3v) is 8.21. The van der Waals surface area contributed by atoms with Gasteiger partial charge in [0.1, 0.15) is 24.4 Å². The molecule has 5 saturated heterocycles. The molecule has 10 heteroatoms. The average Bonchev–Trinajstić information content (AvgIpc) is 2.98. The fraction of sp³-hybridized carbons (Fsp3) is 1.00. The molecular weight excluding hydrogens is 412 g/mol. The molecule has 0 radical (unpaired) electrons. The third kappa shape index (κ3) is 3.30. The predicted octanol–water partition coefficient (Wildman–Crippen LogP) is 0.0109. The summed E-state index contributed by atoms with van der Waals surface area (Å²) in [6.45, 7) is 5.55. The van der Waals surface area contributed by atoms with Crippen molar-refractivity contribution in [2.75, 3.05) is 6.61 Å². The van der Waals surface area contributed by atoms with Crippen molar-refractivity contribution >= 4 is 0 Å². The van der Waals surface area contributed by atoms with E-state index >= 15 is 0 Å². The van der Waals surface area contributed by atoms with Crippen LogP contribution in [0.15, 0.2) is 0 Å². The monoisotopic (exact) mass is 446 g/mol. The minimum atomic E-state index is -1.51. The zero-order valence-electron chi connectivity index (χ0n) is 18.1. The van der Waals surface area contributed by atoms with Crippen molar-refractivity contribution in [3.05, 3.63) is 0 Å². The average molecular weight is 446 g/mol. The summed E-state index contributed by atoms with van der Waals surface area (Å²) in [5, 5.41) is 40.0. The van der Waals surface area contributed by atoms with Crippen LogP contribution >= 0.6 is 0 Å². The molecule has 1 aliphatic carbocycles. The molecule has 3 unspecified atom stereocenters. The first-order valence-corrected chi connectivity index (χ1v) is 11.4. The van der Waals surface area contributed by atoms with Crippen LogP contribution in [-0.2, 0) is 28.7 Å². The highest BCUT2D eigenvalue weighted by molar-refractivity contribution is 5.09. The molecule has 5 heterocycles. The minimum Gasteiger partial charge on any atom is -0.394 e. The highest BCUT2D eigenvalue weighted by Crippen LogP contribution is 2.60. The normalized spacial score (nSPS) is 59.1. The summed E-state index contributed by atoms with van der Waals surface area (Å²) in [7, 11) is 0. The second-order valence-corrected chi connectivity index (χ2v) is 10.1. The molecule has 2 bridgehead atoms. The Labute approximate surface area is 181 Å². The lowest BCUT2D eigenvalue weighted by molar-refractivity contribution is -0.579. The van der Waals surface area contributed by atoms with Crippen molar-refractivity contribution in [1.29, 1.82) is 0 Å². The van der Waals surface area contributed by atoms with Gasteiger partial charge >= 0.3 is 0 Å². The maximum Gasteiger partial charge on any atom is 0.201 e. The van der Waals surface area contributed by atoms with E-state index in [1.165, 1.54) is 0 Å². The number of fused-ring (bicyclic) bond motifs is 2. The van der Waals surface area contributed by atoms with Crippen molar-refractivity contribution in [3.8, 4) is 0 Å². The number of aliphatic hydroxyl groups is 4. The lowest BCUT2D eigenvalue weighted by atomic mass is 9.58. The maximum atomic E-state index is 10.4. The molecule has 13 atom stereocenters. The Bertz CT molecular complexity index is 677. The van der Waals surface area contributed by atoms with Gasteiger partial charge in [-0.1, -0.05) is 13.8 Å². The van der Waals surface area contributed by atoms with Crippen molar-refractivity contribution in [2.45, 2.75) is 101 Å². The predicted molar refractivity (Wildman–Crippen MR) is 102 cm³/mol. The van der Waals surface area contributed by atoms with Crippen LogP contribution in [0.2, 0.25) is 0 Å². The van der Waals surface area contributed by atoms with Gasteiger partial charge in [0.05, 0.1) is 6.61 Å². The zero-order valence-corrected chi connectivity index (χ0v) is 18.1. The topological polar surface area (TPSA) is 136 Å². The summed E-state index contributed by atoms with van der Waals surface area (Å²) >= 11 is 0. The van der Waals surface area contributed by atoms with Crippen molar-refractivity contribution in [3.63, 3.8) is 0 Å². The van der Waals surface area contributed by atoms with Gasteiger partial charge in [0.15, 0.2) is 24.5 Å². The molecule has 6 rings (SSSR count). The van der Waals surface area contributed by atoms with Gasteiger partial charge in [-0.2, -0.15) is 0 Å². The molecule has 0 amide bonds. The second-order valence-electron chi connectivity index (χ2n) is 10.1. The summed E-state index contributed by atoms with van der Waals surface area (Å²) in [5.41, 5.74) is -0.734. The number of hydrogen-bond acceptors (Lipinski definition) is 10. The Balaban J connectivity index is 1.41. The van der Waals surface area contributed by atoms with Crippen LogP contribution in [0.5, 0.6) is 0 Å². The van der Waals surface area contributed by atoms with Crippen LogP contribution in [0.1, 0.15) is 46.5 Å². The Morgan fingerprint density at radius 3 is 2.42 bits per heavy atom. The van der Waals surface area contributed by atoms with Gasteiger partial charge in [0.2, 0.25) is 5.79 Å². The minimum absolute atomic E-state index is 0.0324. The summed E-state index contributed by atoms with van der Waals surface area (Å²) in [6, 6.07) is 0. The van der Waals surface area contributed by atoms with Crippen molar-refractivity contribution < 1.29 is 49.1 Å². The molecule has 1 spiro atoms. The van der Waals surface area contributed by atoms with Gasteiger partial charge in [-0.15, -0.1) is 0 Å². The first kappa shape index (κ1) is 22.4. The van der Waals surface area contributed by atoms with Crippen LogP contribution < -0.4 is 0 Å². The van der Waals surface area contributed by atoms with Crippen LogP contribution in [0, 0.1) is 23.7 Å².